The van der Waals surface area contributed by atoms with Crippen LogP contribution in [0.5, 0.6) is 0 Å². The Bertz CT molecular complexity index is 197. The van der Waals surface area contributed by atoms with E-state index in [1.807, 2.05) is 6.92 Å². The van der Waals surface area contributed by atoms with Crippen LogP contribution >= 0.6 is 0 Å². The smallest absolute Gasteiger partial charge is 0.101 e. The van der Waals surface area contributed by atoms with Gasteiger partial charge in [0.25, 0.3) is 0 Å². The van der Waals surface area contributed by atoms with Crippen molar-refractivity contribution < 1.29 is 19.3 Å². The van der Waals surface area contributed by atoms with Gasteiger partial charge in [0.15, 0.2) is 0 Å². The predicted molar refractivity (Wildman–Crippen MR) is 64.8 cm³/mol. The van der Waals surface area contributed by atoms with Gasteiger partial charge in [-0.1, -0.05) is 0 Å². The molecule has 1 aliphatic rings. The van der Waals surface area contributed by atoms with Gasteiger partial charge in [-0.25, -0.2) is 0 Å². The lowest BCUT2D eigenvalue weighted by Gasteiger charge is -2.34. The third kappa shape index (κ3) is 5.79. The topological polar surface area (TPSA) is 73.9 Å². The summed E-state index contributed by atoms with van der Waals surface area (Å²) in [5, 5.41) is 9.64. The van der Waals surface area contributed by atoms with Gasteiger partial charge in [0.1, 0.15) is 6.10 Å². The minimum atomic E-state index is -0.564. The maximum absolute atomic E-state index is 9.64. The van der Waals surface area contributed by atoms with E-state index in [4.69, 9.17) is 19.9 Å². The largest absolute Gasteiger partial charge is 0.388 e. The maximum atomic E-state index is 9.64. The Morgan fingerprint density at radius 1 is 1.29 bits per heavy atom. The highest BCUT2D eigenvalue weighted by atomic mass is 16.5. The van der Waals surface area contributed by atoms with Gasteiger partial charge >= 0.3 is 0 Å². The molecule has 0 heterocycles. The Kier molecular flexibility index (Phi) is 6.99. The Hall–Kier alpha value is -0.200. The first-order chi connectivity index (χ1) is 8.15. The molecule has 3 N–H and O–H groups in total. The molecule has 1 fully saturated rings. The Morgan fingerprint density at radius 3 is 2.59 bits per heavy atom. The molecule has 0 radical (unpaired) electrons. The van der Waals surface area contributed by atoms with Crippen LogP contribution < -0.4 is 5.73 Å². The number of methoxy groups -OCH3 is 1. The van der Waals surface area contributed by atoms with Crippen LogP contribution in [0, 0.1) is 5.92 Å². The second-order valence-electron chi connectivity index (χ2n) is 4.78. The molecule has 0 saturated heterocycles. The summed E-state index contributed by atoms with van der Waals surface area (Å²) >= 11 is 0. The van der Waals surface area contributed by atoms with Gasteiger partial charge < -0.3 is 25.1 Å². The van der Waals surface area contributed by atoms with E-state index < -0.39 is 6.10 Å². The summed E-state index contributed by atoms with van der Waals surface area (Å²) in [5.74, 6) is 0.607. The number of nitrogens with two attached hydrogens (primary N) is 1. The van der Waals surface area contributed by atoms with Crippen molar-refractivity contribution in [3.63, 3.8) is 0 Å². The van der Waals surface area contributed by atoms with Crippen LogP contribution in [-0.2, 0) is 14.2 Å². The molecule has 1 aliphatic carbocycles. The molecular formula is C12H25NO4. The molecule has 5 nitrogen and oxygen atoms in total. The van der Waals surface area contributed by atoms with Crippen molar-refractivity contribution in [3.8, 4) is 0 Å². The molecular weight excluding hydrogens is 222 g/mol. The first kappa shape index (κ1) is 14.9. The van der Waals surface area contributed by atoms with E-state index in [0.717, 1.165) is 19.4 Å². The molecule has 0 bridgehead atoms. The lowest BCUT2D eigenvalue weighted by Crippen LogP contribution is -2.38. The third-order valence-corrected chi connectivity index (χ3v) is 3.02. The molecule has 0 aromatic rings. The average Bonchev–Trinajstić information content (AvgIpc) is 2.25. The normalized spacial score (nSPS) is 27.5. The molecule has 1 rings (SSSR count). The van der Waals surface area contributed by atoms with E-state index in [-0.39, 0.29) is 18.8 Å². The van der Waals surface area contributed by atoms with Crippen molar-refractivity contribution in [1.82, 2.24) is 0 Å². The molecule has 5 heteroatoms. The molecule has 1 saturated carbocycles. The van der Waals surface area contributed by atoms with Crippen LogP contribution in [0.3, 0.4) is 0 Å². The first-order valence-electron chi connectivity index (χ1n) is 6.26. The molecule has 17 heavy (non-hydrogen) atoms. The van der Waals surface area contributed by atoms with E-state index in [2.05, 4.69) is 0 Å². The second kappa shape index (κ2) is 8.00. The number of ether oxygens (including phenoxy) is 3. The van der Waals surface area contributed by atoms with Crippen LogP contribution in [0.25, 0.3) is 0 Å². The fraction of sp³-hybridized carbons (Fsp3) is 1.00. The first-order valence-corrected chi connectivity index (χ1v) is 6.26. The number of rotatable bonds is 9. The van der Waals surface area contributed by atoms with Gasteiger partial charge in [0.2, 0.25) is 0 Å². The number of hydrogen-bond acceptors (Lipinski definition) is 5. The van der Waals surface area contributed by atoms with E-state index in [0.29, 0.717) is 19.1 Å². The van der Waals surface area contributed by atoms with Gasteiger partial charge in [0.05, 0.1) is 32.0 Å². The number of aliphatic hydroxyl groups excluding tert-OH is 1. The lowest BCUT2D eigenvalue weighted by atomic mass is 9.82. The number of aliphatic hydroxyl groups is 1. The number of hydrogen-bond donors (Lipinski definition) is 2. The Morgan fingerprint density at radius 2 is 2.00 bits per heavy atom. The molecule has 0 aliphatic heterocycles. The minimum Gasteiger partial charge on any atom is -0.388 e. The van der Waals surface area contributed by atoms with Crippen LogP contribution in [0.15, 0.2) is 0 Å². The summed E-state index contributed by atoms with van der Waals surface area (Å²) in [6, 6.07) is 0. The molecule has 0 aromatic heterocycles. The third-order valence-electron chi connectivity index (χ3n) is 3.02. The van der Waals surface area contributed by atoms with Crippen LogP contribution in [0.2, 0.25) is 0 Å². The summed E-state index contributed by atoms with van der Waals surface area (Å²) < 4.78 is 15.9. The van der Waals surface area contributed by atoms with Gasteiger partial charge in [-0.05, 0) is 32.2 Å². The lowest BCUT2D eigenvalue weighted by molar-refractivity contribution is -0.0929. The standard InChI is InChI=1S/C12H25NO4/c1-9(6-15-2)16-7-11(14)8-17-12-3-10(4-12)5-13/h9-12,14H,3-8,13H2,1-2H3. The van der Waals surface area contributed by atoms with E-state index >= 15 is 0 Å². The zero-order chi connectivity index (χ0) is 12.7. The maximum Gasteiger partial charge on any atom is 0.101 e. The highest BCUT2D eigenvalue weighted by Gasteiger charge is 2.28. The van der Waals surface area contributed by atoms with E-state index in [9.17, 15) is 5.11 Å². The Labute approximate surface area is 103 Å². The van der Waals surface area contributed by atoms with Crippen LogP contribution in [0.4, 0.5) is 0 Å². The van der Waals surface area contributed by atoms with Crippen LogP contribution in [-0.4, -0.2) is 56.9 Å². The fourth-order valence-corrected chi connectivity index (χ4v) is 1.86. The van der Waals surface area contributed by atoms with Crippen molar-refractivity contribution in [3.05, 3.63) is 0 Å². The summed E-state index contributed by atoms with van der Waals surface area (Å²) in [5.41, 5.74) is 5.52. The van der Waals surface area contributed by atoms with Crippen molar-refractivity contribution in [1.29, 1.82) is 0 Å². The molecule has 0 aromatic carbocycles. The monoisotopic (exact) mass is 247 g/mol. The van der Waals surface area contributed by atoms with E-state index in [1.54, 1.807) is 7.11 Å². The van der Waals surface area contributed by atoms with Crippen molar-refractivity contribution in [2.45, 2.75) is 38.1 Å². The fourth-order valence-electron chi connectivity index (χ4n) is 1.86. The summed E-state index contributed by atoms with van der Waals surface area (Å²) in [6.07, 6.45) is 1.75. The van der Waals surface area contributed by atoms with Gasteiger partial charge in [-0.2, -0.15) is 0 Å². The highest BCUT2D eigenvalue weighted by Crippen LogP contribution is 2.28. The van der Waals surface area contributed by atoms with Gasteiger partial charge in [-0.3, -0.25) is 0 Å². The average molecular weight is 247 g/mol. The zero-order valence-electron chi connectivity index (χ0n) is 10.8. The predicted octanol–water partition coefficient (Wildman–Crippen LogP) is 0.153. The second-order valence-corrected chi connectivity index (χ2v) is 4.78. The summed E-state index contributed by atoms with van der Waals surface area (Å²) in [6.45, 7) is 3.81. The molecule has 0 spiro atoms. The molecule has 2 unspecified atom stereocenters. The van der Waals surface area contributed by atoms with Crippen molar-refractivity contribution in [2.24, 2.45) is 11.7 Å². The summed E-state index contributed by atoms with van der Waals surface area (Å²) in [7, 11) is 1.63. The van der Waals surface area contributed by atoms with Crippen LogP contribution in [0.1, 0.15) is 19.8 Å². The molecule has 102 valence electrons. The summed E-state index contributed by atoms with van der Waals surface area (Å²) in [4.78, 5) is 0. The molecule has 2 atom stereocenters. The SMILES string of the molecule is COCC(C)OCC(O)COC1CC(CN)C1. The van der Waals surface area contributed by atoms with Crippen molar-refractivity contribution >= 4 is 0 Å². The van der Waals surface area contributed by atoms with Gasteiger partial charge in [-0.15, -0.1) is 0 Å². The van der Waals surface area contributed by atoms with Crippen molar-refractivity contribution in [2.75, 3.05) is 33.5 Å². The minimum absolute atomic E-state index is 0.0000247. The van der Waals surface area contributed by atoms with E-state index in [1.165, 1.54) is 0 Å². The van der Waals surface area contributed by atoms with Gasteiger partial charge in [0, 0.05) is 7.11 Å². The molecule has 0 amide bonds. The highest BCUT2D eigenvalue weighted by molar-refractivity contribution is 4.80. The zero-order valence-corrected chi connectivity index (χ0v) is 10.8. The Balaban J connectivity index is 1.96. The quantitative estimate of drug-likeness (QED) is 0.607.